The number of nitrogens with zero attached hydrogens (tertiary/aromatic N) is 3. The lowest BCUT2D eigenvalue weighted by Crippen LogP contribution is -2.38. The molecule has 0 saturated carbocycles. The second kappa shape index (κ2) is 11.2. The van der Waals surface area contributed by atoms with Crippen LogP contribution in [0.5, 0.6) is 5.75 Å². The molecule has 1 fully saturated rings. The number of nitrogens with one attached hydrogen (secondary N) is 1. The third-order valence-corrected chi connectivity index (χ3v) is 7.36. The van der Waals surface area contributed by atoms with E-state index in [1.54, 1.807) is 16.8 Å². The summed E-state index contributed by atoms with van der Waals surface area (Å²) in [6.45, 7) is 3.81. The number of hydrogen-bond donors (Lipinski definition) is 1. The van der Waals surface area contributed by atoms with Gasteiger partial charge in [-0.3, -0.25) is 9.20 Å². The normalized spacial score (nSPS) is 14.5. The van der Waals surface area contributed by atoms with Crippen molar-refractivity contribution in [2.75, 3.05) is 18.0 Å². The summed E-state index contributed by atoms with van der Waals surface area (Å²) in [5.74, 6) is 0.208. The molecule has 6 nitrogen and oxygen atoms in total. The van der Waals surface area contributed by atoms with Crippen molar-refractivity contribution in [3.8, 4) is 5.75 Å². The zero-order chi connectivity index (χ0) is 27.6. The molecule has 0 unspecified atom stereocenters. The summed E-state index contributed by atoms with van der Waals surface area (Å²) in [5, 5.41) is 3.56. The summed E-state index contributed by atoms with van der Waals surface area (Å²) < 4.78 is 46.1. The van der Waals surface area contributed by atoms with Gasteiger partial charge in [-0.2, -0.15) is 13.2 Å². The smallest absolute Gasteiger partial charge is 0.416 e. The van der Waals surface area contributed by atoms with Crippen molar-refractivity contribution >= 4 is 28.8 Å². The lowest BCUT2D eigenvalue weighted by Gasteiger charge is -2.34. The summed E-state index contributed by atoms with van der Waals surface area (Å²) in [6.07, 6.45) is 1.14. The van der Waals surface area contributed by atoms with Gasteiger partial charge in [0.15, 0.2) is 0 Å². The topological polar surface area (TPSA) is 58.9 Å². The van der Waals surface area contributed by atoms with Crippen LogP contribution < -0.4 is 15.0 Å². The van der Waals surface area contributed by atoms with Gasteiger partial charge in [0.05, 0.1) is 11.8 Å². The van der Waals surface area contributed by atoms with Crippen molar-refractivity contribution < 1.29 is 22.7 Å². The number of fused-ring (bicyclic) bond motifs is 1. The third-order valence-electron chi connectivity index (χ3n) is 7.02. The average molecular weight is 557 g/mol. The number of amides is 1. The number of alkyl halides is 3. The van der Waals surface area contributed by atoms with Crippen molar-refractivity contribution in [1.29, 1.82) is 0 Å². The van der Waals surface area contributed by atoms with Gasteiger partial charge in [0.25, 0.3) is 5.91 Å². The molecule has 39 heavy (non-hydrogen) atoms. The monoisotopic (exact) mass is 556 g/mol. The third kappa shape index (κ3) is 5.98. The maximum absolute atomic E-state index is 12.9. The highest BCUT2D eigenvalue weighted by atomic mass is 35.5. The number of carbonyl (C=O) groups excluding carboxylic acids is 1. The Morgan fingerprint density at radius 1 is 1.13 bits per heavy atom. The molecule has 2 aromatic carbocycles. The molecule has 2 aromatic heterocycles. The van der Waals surface area contributed by atoms with Crippen LogP contribution in [0, 0.1) is 0 Å². The Hall–Kier alpha value is -3.72. The number of ether oxygens (including phenoxy) is 1. The van der Waals surface area contributed by atoms with Gasteiger partial charge in [-0.05, 0) is 66.1 Å². The molecule has 10 heteroatoms. The van der Waals surface area contributed by atoms with E-state index in [-0.39, 0.29) is 12.0 Å². The number of anilines is 1. The molecule has 0 atom stereocenters. The summed E-state index contributed by atoms with van der Waals surface area (Å²) in [6, 6.07) is 14.4. The maximum atomic E-state index is 12.9. The Morgan fingerprint density at radius 2 is 1.87 bits per heavy atom. The predicted molar refractivity (Wildman–Crippen MR) is 144 cm³/mol. The minimum atomic E-state index is -4.36. The zero-order valence-electron chi connectivity index (χ0n) is 21.3. The van der Waals surface area contributed by atoms with E-state index < -0.39 is 11.7 Å². The SMILES string of the molecule is CCc1cc(N2CCC(Oc3ccc(C(F)(F)F)cc3)CC2)cc(Cl)c1CNC(=O)c1cnc2ccccn12. The molecule has 204 valence electrons. The van der Waals surface area contributed by atoms with Crippen LogP contribution in [0.15, 0.2) is 67.0 Å². The van der Waals surface area contributed by atoms with E-state index >= 15 is 0 Å². The summed E-state index contributed by atoms with van der Waals surface area (Å²) in [7, 11) is 0. The number of benzene rings is 2. The van der Waals surface area contributed by atoms with Crippen LogP contribution >= 0.6 is 11.6 Å². The highest BCUT2D eigenvalue weighted by molar-refractivity contribution is 6.31. The first-order valence-corrected chi connectivity index (χ1v) is 13.2. The molecule has 1 aliphatic rings. The van der Waals surface area contributed by atoms with E-state index in [1.807, 2.05) is 24.3 Å². The van der Waals surface area contributed by atoms with Crippen LogP contribution in [0.1, 0.15) is 46.9 Å². The van der Waals surface area contributed by atoms with Crippen molar-refractivity contribution in [2.45, 2.75) is 45.0 Å². The molecule has 1 N–H and O–H groups in total. The van der Waals surface area contributed by atoms with Gasteiger partial charge in [-0.1, -0.05) is 24.6 Å². The Kier molecular flexibility index (Phi) is 7.70. The summed E-state index contributed by atoms with van der Waals surface area (Å²) in [5.41, 5.74) is 3.41. The van der Waals surface area contributed by atoms with Gasteiger partial charge in [-0.25, -0.2) is 4.98 Å². The fraction of sp³-hybridized carbons (Fsp3) is 0.310. The first-order valence-electron chi connectivity index (χ1n) is 12.8. The zero-order valence-corrected chi connectivity index (χ0v) is 22.1. The number of halogens is 4. The van der Waals surface area contributed by atoms with E-state index in [0.717, 1.165) is 61.3 Å². The molecule has 4 aromatic rings. The Balaban J connectivity index is 1.20. The van der Waals surface area contributed by atoms with Crippen molar-refractivity contribution in [1.82, 2.24) is 14.7 Å². The van der Waals surface area contributed by atoms with Crippen molar-refractivity contribution in [2.24, 2.45) is 0 Å². The number of piperidine rings is 1. The summed E-state index contributed by atoms with van der Waals surface area (Å²) >= 11 is 6.72. The van der Waals surface area contributed by atoms with Crippen molar-refractivity contribution in [3.05, 3.63) is 94.4 Å². The van der Waals surface area contributed by atoms with E-state index in [0.29, 0.717) is 28.7 Å². The lowest BCUT2D eigenvalue weighted by atomic mass is 10.0. The standard InChI is InChI=1S/C29H28ClF3N4O2/c1-2-19-15-21(36-13-10-23(11-14-36)39-22-8-6-20(7-9-22)29(31,32)33)16-25(30)24(19)17-35-28(38)26-18-34-27-5-3-4-12-37(26)27/h3-9,12,15-16,18,23H,2,10-11,13-14,17H2,1H3,(H,35,38). The summed E-state index contributed by atoms with van der Waals surface area (Å²) in [4.78, 5) is 19.4. The number of pyridine rings is 1. The van der Waals surface area contributed by atoms with E-state index in [4.69, 9.17) is 16.3 Å². The van der Waals surface area contributed by atoms with Crippen LogP contribution in [0.2, 0.25) is 5.02 Å². The van der Waals surface area contributed by atoms with E-state index in [9.17, 15) is 18.0 Å². The highest BCUT2D eigenvalue weighted by Gasteiger charge is 2.30. The van der Waals surface area contributed by atoms with Gasteiger partial charge < -0.3 is 15.0 Å². The molecule has 0 aliphatic carbocycles. The Morgan fingerprint density at radius 3 is 2.56 bits per heavy atom. The molecule has 0 spiro atoms. The molecule has 3 heterocycles. The van der Waals surface area contributed by atoms with Crippen molar-refractivity contribution in [3.63, 3.8) is 0 Å². The number of carbonyl (C=O) groups is 1. The van der Waals surface area contributed by atoms with Crippen LogP contribution in [0.25, 0.3) is 5.65 Å². The minimum absolute atomic E-state index is 0.0757. The van der Waals surface area contributed by atoms with Gasteiger partial charge in [0, 0.05) is 49.4 Å². The van der Waals surface area contributed by atoms with Crippen LogP contribution in [0.4, 0.5) is 18.9 Å². The molecule has 1 aliphatic heterocycles. The van der Waals surface area contributed by atoms with Gasteiger partial charge >= 0.3 is 6.18 Å². The molecular formula is C29H28ClF3N4O2. The lowest BCUT2D eigenvalue weighted by molar-refractivity contribution is -0.137. The van der Waals surface area contributed by atoms with Gasteiger partial charge in [0.1, 0.15) is 23.2 Å². The molecule has 0 radical (unpaired) electrons. The minimum Gasteiger partial charge on any atom is -0.490 e. The number of aromatic nitrogens is 2. The van der Waals surface area contributed by atoms with E-state index in [1.165, 1.54) is 12.1 Å². The van der Waals surface area contributed by atoms with Gasteiger partial charge in [0.2, 0.25) is 0 Å². The second-order valence-electron chi connectivity index (χ2n) is 9.50. The average Bonchev–Trinajstić information content (AvgIpc) is 3.36. The number of hydrogen-bond acceptors (Lipinski definition) is 4. The van der Waals surface area contributed by atoms with E-state index in [2.05, 4.69) is 28.2 Å². The Labute approximate surface area is 229 Å². The molecular weight excluding hydrogens is 529 g/mol. The first kappa shape index (κ1) is 26.9. The van der Waals surface area contributed by atoms with Crippen LogP contribution in [0.3, 0.4) is 0 Å². The molecule has 1 saturated heterocycles. The molecule has 5 rings (SSSR count). The number of aryl methyl sites for hydroxylation is 1. The largest absolute Gasteiger partial charge is 0.490 e. The second-order valence-corrected chi connectivity index (χ2v) is 9.91. The molecule has 0 bridgehead atoms. The fourth-order valence-electron chi connectivity index (χ4n) is 4.88. The Bertz CT molecular complexity index is 1460. The number of imidazole rings is 1. The van der Waals surface area contributed by atoms with Crippen LogP contribution in [-0.4, -0.2) is 34.5 Å². The molecule has 1 amide bonds. The maximum Gasteiger partial charge on any atom is 0.416 e. The quantitative estimate of drug-likeness (QED) is 0.280. The first-order chi connectivity index (χ1) is 18.7. The highest BCUT2D eigenvalue weighted by Crippen LogP contribution is 2.32. The number of rotatable bonds is 7. The fourth-order valence-corrected chi connectivity index (χ4v) is 5.18. The predicted octanol–water partition coefficient (Wildman–Crippen LogP) is 6.55. The van der Waals surface area contributed by atoms with Crippen LogP contribution in [-0.2, 0) is 19.1 Å². The van der Waals surface area contributed by atoms with Gasteiger partial charge in [-0.15, -0.1) is 0 Å².